The van der Waals surface area contributed by atoms with Crippen LogP contribution in [0.4, 0.5) is 15.8 Å². The Balaban J connectivity index is 1.56. The van der Waals surface area contributed by atoms with Crippen molar-refractivity contribution < 1.29 is 33.7 Å². The monoisotopic (exact) mass is 672 g/mol. The van der Waals surface area contributed by atoms with Gasteiger partial charge in [-0.1, -0.05) is 41.4 Å². The van der Waals surface area contributed by atoms with Crippen LogP contribution in [0.15, 0.2) is 54.6 Å². The molecule has 5 atom stereocenters. The molecular weight excluding hydrogens is 646 g/mol. The molecule has 15 heteroatoms. The minimum absolute atomic E-state index is 0.0599. The van der Waals surface area contributed by atoms with Gasteiger partial charge in [0.05, 0.1) is 46.2 Å². The van der Waals surface area contributed by atoms with Crippen molar-refractivity contribution in [3.8, 4) is 0 Å². The fourth-order valence-electron chi connectivity index (χ4n) is 7.12. The zero-order valence-corrected chi connectivity index (χ0v) is 25.7. The van der Waals surface area contributed by atoms with Crippen LogP contribution in [0.5, 0.6) is 0 Å². The molecule has 1 saturated heterocycles. The Morgan fingerprint density at radius 2 is 1.91 bits per heavy atom. The molecule has 1 amide bonds. The minimum Gasteiger partial charge on any atom is -0.465 e. The number of amides is 1. The number of nitrogens with one attached hydrogen (secondary N) is 1. The Morgan fingerprint density at radius 3 is 2.57 bits per heavy atom. The van der Waals surface area contributed by atoms with Crippen LogP contribution in [0, 0.1) is 32.0 Å². The molecule has 46 heavy (non-hydrogen) atoms. The molecule has 2 heterocycles. The molecule has 6 rings (SSSR count). The van der Waals surface area contributed by atoms with E-state index in [4.69, 9.17) is 23.2 Å². The molecule has 1 spiro atoms. The van der Waals surface area contributed by atoms with E-state index in [1.165, 1.54) is 36.4 Å². The number of methoxy groups -OCH3 is 1. The van der Waals surface area contributed by atoms with Crippen LogP contribution in [0.3, 0.4) is 0 Å². The van der Waals surface area contributed by atoms with Crippen LogP contribution < -0.4 is 5.32 Å². The third-order valence-electron chi connectivity index (χ3n) is 9.21. The van der Waals surface area contributed by atoms with Crippen LogP contribution in [0.2, 0.25) is 10.0 Å². The van der Waals surface area contributed by atoms with Crippen molar-refractivity contribution in [2.45, 2.75) is 48.9 Å². The lowest BCUT2D eigenvalue weighted by Gasteiger charge is -2.39. The maximum atomic E-state index is 15.9. The molecule has 2 N–H and O–H groups in total. The average Bonchev–Trinajstić information content (AvgIpc) is 3.74. The van der Waals surface area contributed by atoms with Gasteiger partial charge in [-0.2, -0.15) is 0 Å². The molecule has 3 aromatic carbocycles. The molecule has 0 aromatic heterocycles. The highest BCUT2D eigenvalue weighted by molar-refractivity contribution is 6.31. The largest absolute Gasteiger partial charge is 0.465 e. The number of aliphatic hydroxyl groups excluding tert-OH is 1. The molecule has 0 bridgehead atoms. The second-order valence-electron chi connectivity index (χ2n) is 11.7. The maximum Gasteiger partial charge on any atom is 0.338 e. The second kappa shape index (κ2) is 11.9. The van der Waals surface area contributed by atoms with Gasteiger partial charge in [0.1, 0.15) is 11.4 Å². The zero-order chi connectivity index (χ0) is 33.1. The van der Waals surface area contributed by atoms with Crippen molar-refractivity contribution in [3.63, 3.8) is 0 Å². The fourth-order valence-corrected chi connectivity index (χ4v) is 7.47. The van der Waals surface area contributed by atoms with Crippen molar-refractivity contribution in [2.75, 3.05) is 19.0 Å². The van der Waals surface area contributed by atoms with Gasteiger partial charge >= 0.3 is 5.97 Å². The fraction of sp³-hybridized carbons (Fsp3) is 0.355. The number of nitrogens with zero attached hydrogens (tertiary/aromatic N) is 3. The van der Waals surface area contributed by atoms with Crippen molar-refractivity contribution in [3.05, 3.63) is 113 Å². The highest BCUT2D eigenvalue weighted by Gasteiger charge is 2.71. The summed E-state index contributed by atoms with van der Waals surface area (Å²) in [5, 5.41) is 39.5. The lowest BCUT2D eigenvalue weighted by molar-refractivity contribution is -0.528. The van der Waals surface area contributed by atoms with E-state index in [0.29, 0.717) is 16.3 Å². The molecule has 3 aromatic rings. The molecule has 12 nitrogen and oxygen atoms in total. The van der Waals surface area contributed by atoms with Crippen LogP contribution in [-0.4, -0.2) is 57.5 Å². The first-order chi connectivity index (χ1) is 21.9. The van der Waals surface area contributed by atoms with Crippen LogP contribution in [0.25, 0.3) is 0 Å². The summed E-state index contributed by atoms with van der Waals surface area (Å²) in [6.07, 6.45) is -0.517. The quantitative estimate of drug-likeness (QED) is 0.167. The Kier molecular flexibility index (Phi) is 8.21. The zero-order valence-electron chi connectivity index (χ0n) is 24.2. The highest BCUT2D eigenvalue weighted by Crippen LogP contribution is 2.60. The number of hydrogen-bond acceptors (Lipinski definition) is 9. The van der Waals surface area contributed by atoms with E-state index in [1.807, 2.05) is 0 Å². The first-order valence-electron chi connectivity index (χ1n) is 14.4. The van der Waals surface area contributed by atoms with Crippen molar-refractivity contribution in [1.29, 1.82) is 0 Å². The number of ether oxygens (including phenoxy) is 1. The number of carbonyl (C=O) groups excluding carboxylic acids is 2. The van der Waals surface area contributed by atoms with E-state index < -0.39 is 69.3 Å². The van der Waals surface area contributed by atoms with Crippen LogP contribution in [0.1, 0.15) is 58.3 Å². The predicted molar refractivity (Wildman–Crippen MR) is 164 cm³/mol. The second-order valence-corrected chi connectivity index (χ2v) is 12.6. The standard InChI is InChI=1S/C31H27Cl2FN4O8/c1-46-29(40)16-7-9-18(23(11-16)37(42)43)25(39)13-24-28(38(44)45)26(19-3-2-4-21(33)27(19)34)31(36(24)14-15-5-6-15)20-10-8-17(32)12-22(20)35-30(31)41/h2-4,7-12,15,24-26,28,39H,5-6,13-14H2,1H3,(H,35,41)/t24-,25?,26-,28?,31+/m0/s1. The van der Waals surface area contributed by atoms with Gasteiger partial charge < -0.3 is 15.2 Å². The van der Waals surface area contributed by atoms with E-state index >= 15 is 4.39 Å². The van der Waals surface area contributed by atoms with Crippen LogP contribution >= 0.6 is 23.2 Å². The summed E-state index contributed by atoms with van der Waals surface area (Å²) in [5.41, 5.74) is -2.23. The van der Waals surface area contributed by atoms with E-state index in [0.717, 1.165) is 26.0 Å². The highest BCUT2D eigenvalue weighted by atomic mass is 35.5. The lowest BCUT2D eigenvalue weighted by atomic mass is 9.73. The predicted octanol–water partition coefficient (Wildman–Crippen LogP) is 5.62. The summed E-state index contributed by atoms with van der Waals surface area (Å²) in [4.78, 5) is 51.9. The number of aliphatic hydroxyl groups is 1. The van der Waals surface area contributed by atoms with E-state index in [2.05, 4.69) is 10.1 Å². The van der Waals surface area contributed by atoms with E-state index in [9.17, 15) is 34.9 Å². The Morgan fingerprint density at radius 1 is 1.17 bits per heavy atom. The summed E-state index contributed by atoms with van der Waals surface area (Å²) in [5.74, 6) is -3.76. The summed E-state index contributed by atoms with van der Waals surface area (Å²) < 4.78 is 20.6. The minimum atomic E-state index is -1.82. The van der Waals surface area contributed by atoms with Crippen LogP contribution in [-0.2, 0) is 15.1 Å². The number of fused-ring (bicyclic) bond motifs is 2. The number of nitro groups is 2. The topological polar surface area (TPSA) is 165 Å². The number of likely N-dealkylation sites (tertiary alicyclic amines) is 1. The van der Waals surface area contributed by atoms with Gasteiger partial charge in [0.15, 0.2) is 0 Å². The number of carbonyl (C=O) groups is 2. The number of esters is 1. The van der Waals surface area contributed by atoms with Gasteiger partial charge in [0.2, 0.25) is 6.04 Å². The summed E-state index contributed by atoms with van der Waals surface area (Å²) in [6.45, 7) is 0.194. The molecule has 2 fully saturated rings. The van der Waals surface area contributed by atoms with Gasteiger partial charge in [-0.3, -0.25) is 29.9 Å². The number of benzene rings is 3. The molecule has 3 aliphatic rings. The molecule has 1 aliphatic carbocycles. The Labute approximate surface area is 271 Å². The molecule has 2 unspecified atom stereocenters. The third-order valence-corrected chi connectivity index (χ3v) is 9.74. The number of rotatable bonds is 9. The lowest BCUT2D eigenvalue weighted by Crippen LogP contribution is -2.53. The molecule has 240 valence electrons. The summed E-state index contributed by atoms with van der Waals surface area (Å²) in [7, 11) is 1.11. The maximum absolute atomic E-state index is 15.9. The molecule has 1 saturated carbocycles. The van der Waals surface area contributed by atoms with Crippen molar-refractivity contribution in [1.82, 2.24) is 4.90 Å². The van der Waals surface area contributed by atoms with Gasteiger partial charge in [-0.25, -0.2) is 9.18 Å². The average molecular weight is 673 g/mol. The van der Waals surface area contributed by atoms with Gasteiger partial charge in [0, 0.05) is 39.4 Å². The number of nitro benzene ring substituents is 1. The summed E-state index contributed by atoms with van der Waals surface area (Å²) >= 11 is 12.4. The molecular formula is C31H27Cl2FN4O8. The van der Waals surface area contributed by atoms with Crippen molar-refractivity contribution in [2.24, 2.45) is 5.92 Å². The van der Waals surface area contributed by atoms with E-state index in [1.54, 1.807) is 17.0 Å². The first kappa shape index (κ1) is 31.8. The number of hydrogen-bond donors (Lipinski definition) is 2. The normalized spacial score (nSPS) is 24.5. The smallest absolute Gasteiger partial charge is 0.338 e. The Hall–Kier alpha value is -4.17. The first-order valence-corrected chi connectivity index (χ1v) is 15.2. The number of anilines is 1. The van der Waals surface area contributed by atoms with Gasteiger partial charge in [-0.05, 0) is 55.5 Å². The van der Waals surface area contributed by atoms with E-state index in [-0.39, 0.29) is 34.2 Å². The van der Waals surface area contributed by atoms with Gasteiger partial charge in [0.25, 0.3) is 11.6 Å². The SMILES string of the molecule is COC(=O)c1ccc(C(O)C[C@H]2C([N+](=O)[O-])[C@H](c3cccc(Cl)c3F)[C@]3(C(=O)Nc4cc(Cl)ccc43)N2CC2CC2)c([N+](=O)[O-])c1. The molecule has 2 aliphatic heterocycles. The van der Waals surface area contributed by atoms with Crippen molar-refractivity contribution >= 4 is 46.5 Å². The summed E-state index contributed by atoms with van der Waals surface area (Å²) in [6, 6.07) is 9.23. The molecule has 0 radical (unpaired) electrons. The Bertz CT molecular complexity index is 1790. The number of halogens is 3. The third kappa shape index (κ3) is 5.07. The van der Waals surface area contributed by atoms with Gasteiger partial charge in [-0.15, -0.1) is 0 Å².